The van der Waals surface area contributed by atoms with E-state index in [1.165, 1.54) is 0 Å². The van der Waals surface area contributed by atoms with Crippen molar-refractivity contribution < 1.29 is 4.79 Å². The molecule has 0 aromatic heterocycles. The molecule has 1 atom stereocenters. The molecule has 0 bridgehead atoms. The highest BCUT2D eigenvalue weighted by Gasteiger charge is 2.31. The molecule has 0 rings (SSSR count). The van der Waals surface area contributed by atoms with Gasteiger partial charge in [0.2, 0.25) is 5.91 Å². The summed E-state index contributed by atoms with van der Waals surface area (Å²) >= 11 is 0. The van der Waals surface area contributed by atoms with Crippen LogP contribution in [0.5, 0.6) is 0 Å². The molecule has 0 spiro atoms. The fourth-order valence-corrected chi connectivity index (χ4v) is 1.57. The van der Waals surface area contributed by atoms with Gasteiger partial charge in [-0.2, -0.15) is 0 Å². The molecule has 0 aliphatic heterocycles. The Morgan fingerprint density at radius 3 is 2.07 bits per heavy atom. The van der Waals surface area contributed by atoms with Crippen LogP contribution >= 0.6 is 0 Å². The second-order valence-corrected chi connectivity index (χ2v) is 5.22. The maximum absolute atomic E-state index is 11.6. The minimum atomic E-state index is -0.129. The van der Waals surface area contributed by atoms with Crippen LogP contribution in [-0.4, -0.2) is 30.9 Å². The van der Waals surface area contributed by atoms with Crippen molar-refractivity contribution in [3.05, 3.63) is 0 Å². The minimum absolute atomic E-state index is 0.0615. The summed E-state index contributed by atoms with van der Waals surface area (Å²) in [4.78, 5) is 13.2. The van der Waals surface area contributed by atoms with Crippen LogP contribution < -0.4 is 5.73 Å². The van der Waals surface area contributed by atoms with E-state index < -0.39 is 0 Å². The molecule has 0 saturated carbocycles. The van der Waals surface area contributed by atoms with Gasteiger partial charge < -0.3 is 10.6 Å². The summed E-state index contributed by atoms with van der Waals surface area (Å²) in [5.41, 5.74) is 5.94. The maximum atomic E-state index is 11.6. The second kappa shape index (κ2) is 4.78. The third kappa shape index (κ3) is 3.66. The van der Waals surface area contributed by atoms with Crippen LogP contribution in [0.3, 0.4) is 0 Å². The number of hydrogen-bond donors (Lipinski definition) is 1. The average Bonchev–Trinajstić information content (AvgIpc) is 2.01. The molecule has 0 radical (unpaired) electrons. The number of carbonyl (C=O) groups is 1. The number of hydrogen-bond acceptors (Lipinski definition) is 2. The van der Waals surface area contributed by atoms with Crippen molar-refractivity contribution in [2.75, 3.05) is 14.1 Å². The van der Waals surface area contributed by atoms with E-state index in [4.69, 9.17) is 5.73 Å². The van der Waals surface area contributed by atoms with Gasteiger partial charge in [0.1, 0.15) is 0 Å². The number of nitrogens with zero attached hydrogens (tertiary/aromatic N) is 1. The Morgan fingerprint density at radius 1 is 1.36 bits per heavy atom. The molecular weight excluding hydrogens is 176 g/mol. The molecule has 14 heavy (non-hydrogen) atoms. The van der Waals surface area contributed by atoms with Crippen LogP contribution in [0, 0.1) is 11.3 Å². The number of nitrogens with two attached hydrogens (primary N) is 1. The number of carbonyl (C=O) groups excluding carboxylic acids is 1. The fraction of sp³-hybridized carbons (Fsp3) is 0.909. The van der Waals surface area contributed by atoms with Crippen LogP contribution in [-0.2, 0) is 4.79 Å². The molecule has 0 heterocycles. The lowest BCUT2D eigenvalue weighted by molar-refractivity contribution is -0.131. The zero-order valence-electron chi connectivity index (χ0n) is 10.3. The van der Waals surface area contributed by atoms with Crippen LogP contribution in [0.15, 0.2) is 0 Å². The van der Waals surface area contributed by atoms with Crippen LogP contribution in [0.4, 0.5) is 0 Å². The minimum Gasteiger partial charge on any atom is -0.349 e. The van der Waals surface area contributed by atoms with Gasteiger partial charge in [0.05, 0.1) is 0 Å². The zero-order chi connectivity index (χ0) is 11.5. The molecule has 0 fully saturated rings. The smallest absolute Gasteiger partial charge is 0.222 e. The largest absolute Gasteiger partial charge is 0.349 e. The van der Waals surface area contributed by atoms with Crippen molar-refractivity contribution in [3.63, 3.8) is 0 Å². The van der Waals surface area contributed by atoms with Crippen LogP contribution in [0.25, 0.3) is 0 Å². The Kier molecular flexibility index (Phi) is 4.59. The molecule has 2 N–H and O–H groups in total. The van der Waals surface area contributed by atoms with Crippen molar-refractivity contribution in [3.8, 4) is 0 Å². The third-order valence-corrected chi connectivity index (χ3v) is 2.73. The molecule has 0 aromatic rings. The Labute approximate surface area is 87.6 Å². The van der Waals surface area contributed by atoms with Gasteiger partial charge in [-0.1, -0.05) is 27.7 Å². The zero-order valence-corrected chi connectivity index (χ0v) is 10.3. The first-order chi connectivity index (χ1) is 6.18. The van der Waals surface area contributed by atoms with Gasteiger partial charge in [-0.05, 0) is 11.3 Å². The van der Waals surface area contributed by atoms with Gasteiger partial charge in [0, 0.05) is 26.6 Å². The van der Waals surface area contributed by atoms with E-state index in [0.29, 0.717) is 12.3 Å². The van der Waals surface area contributed by atoms with Gasteiger partial charge in [0.15, 0.2) is 0 Å². The van der Waals surface area contributed by atoms with Crippen molar-refractivity contribution in [2.24, 2.45) is 17.1 Å². The summed E-state index contributed by atoms with van der Waals surface area (Å²) in [6.45, 7) is 8.29. The van der Waals surface area contributed by atoms with E-state index in [2.05, 4.69) is 27.7 Å². The molecular formula is C11H24N2O. The lowest BCUT2D eigenvalue weighted by Crippen LogP contribution is -2.44. The summed E-state index contributed by atoms with van der Waals surface area (Å²) in [6.07, 6.45) is 0.513. The third-order valence-electron chi connectivity index (χ3n) is 2.73. The molecule has 0 saturated heterocycles. The van der Waals surface area contributed by atoms with Crippen LogP contribution in [0.2, 0.25) is 0 Å². The predicted octanol–water partition coefficient (Wildman–Crippen LogP) is 1.47. The van der Waals surface area contributed by atoms with Crippen LogP contribution in [0.1, 0.15) is 34.1 Å². The summed E-state index contributed by atoms with van der Waals surface area (Å²) < 4.78 is 0. The van der Waals surface area contributed by atoms with Crippen molar-refractivity contribution >= 4 is 5.91 Å². The highest BCUT2D eigenvalue weighted by atomic mass is 16.2. The van der Waals surface area contributed by atoms with Gasteiger partial charge in [-0.25, -0.2) is 0 Å². The molecule has 0 unspecified atom stereocenters. The van der Waals surface area contributed by atoms with E-state index in [0.717, 1.165) is 0 Å². The standard InChI is InChI=1S/C11H24N2O/c1-8(2)10(12)11(3,4)7-9(14)13(5)6/h8,10H,7,12H2,1-6H3/t10-/m1/s1. The molecule has 1 amide bonds. The highest BCUT2D eigenvalue weighted by Crippen LogP contribution is 2.28. The Bertz CT molecular complexity index is 197. The average molecular weight is 200 g/mol. The van der Waals surface area contributed by atoms with E-state index in [9.17, 15) is 4.79 Å². The van der Waals surface area contributed by atoms with Gasteiger partial charge >= 0.3 is 0 Å². The topological polar surface area (TPSA) is 46.3 Å². The normalized spacial score (nSPS) is 14.3. The first kappa shape index (κ1) is 13.4. The van der Waals surface area contributed by atoms with E-state index in [1.54, 1.807) is 19.0 Å². The fourth-order valence-electron chi connectivity index (χ4n) is 1.57. The number of amides is 1. The summed E-state index contributed by atoms with van der Waals surface area (Å²) in [5.74, 6) is 0.547. The van der Waals surface area contributed by atoms with E-state index in [1.807, 2.05) is 0 Å². The maximum Gasteiger partial charge on any atom is 0.222 e. The quantitative estimate of drug-likeness (QED) is 0.747. The lowest BCUT2D eigenvalue weighted by Gasteiger charge is -2.34. The summed E-state index contributed by atoms with van der Waals surface area (Å²) in [5, 5.41) is 0. The predicted molar refractivity (Wildman–Crippen MR) is 59.9 cm³/mol. The van der Waals surface area contributed by atoms with Crippen molar-refractivity contribution in [2.45, 2.75) is 40.2 Å². The Morgan fingerprint density at radius 2 is 1.79 bits per heavy atom. The summed E-state index contributed by atoms with van der Waals surface area (Å²) in [7, 11) is 3.55. The number of rotatable bonds is 4. The molecule has 3 heteroatoms. The Balaban J connectivity index is 4.40. The molecule has 0 aliphatic rings. The SMILES string of the molecule is CC(C)[C@@H](N)C(C)(C)CC(=O)N(C)C. The van der Waals surface area contributed by atoms with Crippen molar-refractivity contribution in [1.82, 2.24) is 4.90 Å². The van der Waals surface area contributed by atoms with Crippen molar-refractivity contribution in [1.29, 1.82) is 0 Å². The first-order valence-corrected chi connectivity index (χ1v) is 5.14. The van der Waals surface area contributed by atoms with E-state index >= 15 is 0 Å². The Hall–Kier alpha value is -0.570. The van der Waals surface area contributed by atoms with E-state index in [-0.39, 0.29) is 17.4 Å². The van der Waals surface area contributed by atoms with Gasteiger partial charge in [-0.15, -0.1) is 0 Å². The molecule has 0 aliphatic carbocycles. The highest BCUT2D eigenvalue weighted by molar-refractivity contribution is 5.76. The lowest BCUT2D eigenvalue weighted by atomic mass is 9.76. The summed E-state index contributed by atoms with van der Waals surface area (Å²) in [6, 6.07) is 0.0615. The molecule has 3 nitrogen and oxygen atoms in total. The second-order valence-electron chi connectivity index (χ2n) is 5.22. The molecule has 0 aromatic carbocycles. The molecule has 84 valence electrons. The first-order valence-electron chi connectivity index (χ1n) is 5.14. The monoisotopic (exact) mass is 200 g/mol. The van der Waals surface area contributed by atoms with Gasteiger partial charge in [-0.3, -0.25) is 4.79 Å². The van der Waals surface area contributed by atoms with Gasteiger partial charge in [0.25, 0.3) is 0 Å².